The Morgan fingerprint density at radius 1 is 1.06 bits per heavy atom. The first-order valence-corrected chi connectivity index (χ1v) is 12.0. The van der Waals surface area contributed by atoms with Crippen LogP contribution in [0.3, 0.4) is 0 Å². The van der Waals surface area contributed by atoms with Crippen molar-refractivity contribution in [3.63, 3.8) is 0 Å². The lowest BCUT2D eigenvalue weighted by Crippen LogP contribution is -2.52. The van der Waals surface area contributed by atoms with E-state index in [2.05, 4.69) is 5.32 Å². The Morgan fingerprint density at radius 2 is 1.70 bits per heavy atom. The summed E-state index contributed by atoms with van der Waals surface area (Å²) in [5, 5.41) is 4.00. The number of rotatable bonds is 10. The van der Waals surface area contributed by atoms with Crippen molar-refractivity contribution >= 4 is 35.0 Å². The largest absolute Gasteiger partial charge is 0.493 e. The lowest BCUT2D eigenvalue weighted by Gasteiger charge is -2.32. The first kappa shape index (κ1) is 25.2. The van der Waals surface area contributed by atoms with Crippen LogP contribution in [0.25, 0.3) is 0 Å². The zero-order valence-corrected chi connectivity index (χ0v) is 20.5. The fourth-order valence-corrected chi connectivity index (χ4v) is 4.62. The molecule has 178 valence electrons. The molecule has 1 fully saturated rings. The monoisotopic (exact) mass is 492 g/mol. The molecule has 0 saturated heterocycles. The Kier molecular flexibility index (Phi) is 9.27. The Hall–Kier alpha value is -2.44. The van der Waals surface area contributed by atoms with Gasteiger partial charge < -0.3 is 19.7 Å². The molecule has 1 aliphatic carbocycles. The molecule has 2 amide bonds. The molecule has 6 nitrogen and oxygen atoms in total. The van der Waals surface area contributed by atoms with Gasteiger partial charge in [-0.05, 0) is 43.5 Å². The van der Waals surface area contributed by atoms with Crippen LogP contribution in [0.2, 0.25) is 10.0 Å². The van der Waals surface area contributed by atoms with Gasteiger partial charge in [0.15, 0.2) is 18.1 Å². The summed E-state index contributed by atoms with van der Waals surface area (Å²) in [7, 11) is 1.54. The van der Waals surface area contributed by atoms with E-state index in [1.165, 1.54) is 12.0 Å². The topological polar surface area (TPSA) is 67.9 Å². The van der Waals surface area contributed by atoms with Crippen LogP contribution in [0.4, 0.5) is 0 Å². The number of para-hydroxylation sites is 2. The van der Waals surface area contributed by atoms with Gasteiger partial charge >= 0.3 is 0 Å². The van der Waals surface area contributed by atoms with E-state index in [1.54, 1.807) is 36.4 Å². The van der Waals surface area contributed by atoms with E-state index in [9.17, 15) is 9.59 Å². The van der Waals surface area contributed by atoms with Gasteiger partial charge in [0.05, 0.1) is 7.11 Å². The van der Waals surface area contributed by atoms with Crippen LogP contribution in [-0.2, 0) is 16.1 Å². The second-order valence-electron chi connectivity index (χ2n) is 8.08. The van der Waals surface area contributed by atoms with Crippen LogP contribution in [0, 0.1) is 0 Å². The van der Waals surface area contributed by atoms with Crippen molar-refractivity contribution in [2.24, 2.45) is 0 Å². The minimum Gasteiger partial charge on any atom is -0.493 e. The van der Waals surface area contributed by atoms with E-state index in [1.807, 2.05) is 13.0 Å². The van der Waals surface area contributed by atoms with Crippen LogP contribution in [0.15, 0.2) is 42.5 Å². The van der Waals surface area contributed by atoms with Crippen molar-refractivity contribution in [2.75, 3.05) is 13.7 Å². The summed E-state index contributed by atoms with van der Waals surface area (Å²) in [4.78, 5) is 28.1. The van der Waals surface area contributed by atoms with E-state index in [-0.39, 0.29) is 31.0 Å². The number of benzene rings is 2. The molecule has 1 saturated carbocycles. The Labute approximate surface area is 205 Å². The predicted molar refractivity (Wildman–Crippen MR) is 130 cm³/mol. The number of nitrogens with zero attached hydrogens (tertiary/aromatic N) is 1. The van der Waals surface area contributed by atoms with Crippen LogP contribution in [0.1, 0.15) is 44.6 Å². The van der Waals surface area contributed by atoms with E-state index in [0.717, 1.165) is 25.7 Å². The lowest BCUT2D eigenvalue weighted by molar-refractivity contribution is -0.143. The molecule has 3 rings (SSSR count). The van der Waals surface area contributed by atoms with Gasteiger partial charge in [-0.1, -0.05) is 61.2 Å². The molecule has 0 heterocycles. The Morgan fingerprint density at radius 3 is 2.30 bits per heavy atom. The van der Waals surface area contributed by atoms with Crippen molar-refractivity contribution in [2.45, 2.75) is 57.7 Å². The third kappa shape index (κ3) is 6.55. The lowest BCUT2D eigenvalue weighted by atomic mass is 10.1. The molecule has 0 unspecified atom stereocenters. The van der Waals surface area contributed by atoms with Gasteiger partial charge in [0.25, 0.3) is 5.91 Å². The van der Waals surface area contributed by atoms with Gasteiger partial charge in [0, 0.05) is 28.2 Å². The summed E-state index contributed by atoms with van der Waals surface area (Å²) in [6.45, 7) is 1.73. The average molecular weight is 493 g/mol. The summed E-state index contributed by atoms with van der Waals surface area (Å²) in [6, 6.07) is 11.8. The first-order valence-electron chi connectivity index (χ1n) is 11.2. The standard InChI is InChI=1S/C25H30Cl2N2O4/c1-3-21(25(31)28-17-9-4-5-10-17)29(15-18-19(26)11-8-12-20(18)27)24(30)16-33-23-14-7-6-13-22(23)32-2/h6-8,11-14,17,21H,3-5,9-10,15-16H2,1-2H3,(H,28,31)/t21-/m1/s1. The molecule has 0 spiro atoms. The number of hydrogen-bond acceptors (Lipinski definition) is 4. The molecular weight excluding hydrogens is 463 g/mol. The molecule has 1 N–H and O–H groups in total. The summed E-state index contributed by atoms with van der Waals surface area (Å²) in [5.74, 6) is 0.466. The number of halogens is 2. The van der Waals surface area contributed by atoms with Gasteiger partial charge in [-0.3, -0.25) is 9.59 Å². The number of carbonyl (C=O) groups is 2. The highest BCUT2D eigenvalue weighted by atomic mass is 35.5. The van der Waals surface area contributed by atoms with Gasteiger partial charge in [0.1, 0.15) is 6.04 Å². The fourth-order valence-electron chi connectivity index (χ4n) is 4.10. The van der Waals surface area contributed by atoms with Crippen LogP contribution in [0.5, 0.6) is 11.5 Å². The van der Waals surface area contributed by atoms with Gasteiger partial charge in [0.2, 0.25) is 5.91 Å². The van der Waals surface area contributed by atoms with Crippen molar-refractivity contribution < 1.29 is 19.1 Å². The third-order valence-electron chi connectivity index (χ3n) is 5.90. The third-order valence-corrected chi connectivity index (χ3v) is 6.61. The van der Waals surface area contributed by atoms with E-state index in [4.69, 9.17) is 32.7 Å². The Bertz CT molecular complexity index is 943. The average Bonchev–Trinajstić information content (AvgIpc) is 3.32. The summed E-state index contributed by atoms with van der Waals surface area (Å²) in [6.07, 6.45) is 4.58. The predicted octanol–water partition coefficient (Wildman–Crippen LogP) is 5.25. The maximum atomic E-state index is 13.4. The highest BCUT2D eigenvalue weighted by molar-refractivity contribution is 6.36. The highest BCUT2D eigenvalue weighted by Crippen LogP contribution is 2.28. The van der Waals surface area contributed by atoms with Crippen molar-refractivity contribution in [1.82, 2.24) is 10.2 Å². The molecule has 33 heavy (non-hydrogen) atoms. The minimum atomic E-state index is -0.674. The number of carbonyl (C=O) groups excluding carboxylic acids is 2. The molecule has 0 aromatic heterocycles. The SMILES string of the molecule is CC[C@H](C(=O)NC1CCCC1)N(Cc1c(Cl)cccc1Cl)C(=O)COc1ccccc1OC. The fraction of sp³-hybridized carbons (Fsp3) is 0.440. The van der Waals surface area contributed by atoms with E-state index < -0.39 is 6.04 Å². The van der Waals surface area contributed by atoms with Crippen LogP contribution >= 0.6 is 23.2 Å². The van der Waals surface area contributed by atoms with Gasteiger partial charge in [-0.25, -0.2) is 0 Å². The molecule has 1 aliphatic rings. The second kappa shape index (κ2) is 12.1. The number of ether oxygens (including phenoxy) is 2. The van der Waals surface area contributed by atoms with E-state index >= 15 is 0 Å². The molecular formula is C25H30Cl2N2O4. The maximum absolute atomic E-state index is 13.4. The first-order chi connectivity index (χ1) is 15.9. The van der Waals surface area contributed by atoms with Crippen molar-refractivity contribution in [3.8, 4) is 11.5 Å². The van der Waals surface area contributed by atoms with Gasteiger partial charge in [-0.2, -0.15) is 0 Å². The maximum Gasteiger partial charge on any atom is 0.261 e. The minimum absolute atomic E-state index is 0.100. The number of nitrogens with one attached hydrogen (secondary N) is 1. The van der Waals surface area contributed by atoms with Crippen molar-refractivity contribution in [3.05, 3.63) is 58.1 Å². The van der Waals surface area contributed by atoms with Crippen LogP contribution < -0.4 is 14.8 Å². The molecule has 8 heteroatoms. The normalized spacial score (nSPS) is 14.5. The summed E-state index contributed by atoms with van der Waals surface area (Å²) < 4.78 is 11.1. The molecule has 0 radical (unpaired) electrons. The highest BCUT2D eigenvalue weighted by Gasteiger charge is 2.31. The molecule has 1 atom stereocenters. The molecule has 0 aliphatic heterocycles. The smallest absolute Gasteiger partial charge is 0.261 e. The quantitative estimate of drug-likeness (QED) is 0.491. The second-order valence-corrected chi connectivity index (χ2v) is 8.89. The van der Waals surface area contributed by atoms with E-state index in [0.29, 0.717) is 33.5 Å². The van der Waals surface area contributed by atoms with Crippen molar-refractivity contribution in [1.29, 1.82) is 0 Å². The summed E-state index contributed by atoms with van der Waals surface area (Å²) in [5.41, 5.74) is 0.596. The zero-order chi connectivity index (χ0) is 23.8. The number of methoxy groups -OCH3 is 1. The van der Waals surface area contributed by atoms with Crippen LogP contribution in [-0.4, -0.2) is 42.5 Å². The zero-order valence-electron chi connectivity index (χ0n) is 19.0. The molecule has 0 bridgehead atoms. The number of hydrogen-bond donors (Lipinski definition) is 1. The van der Waals surface area contributed by atoms with Gasteiger partial charge in [-0.15, -0.1) is 0 Å². The molecule has 2 aromatic rings. The molecule has 2 aromatic carbocycles. The number of amides is 2. The Balaban J connectivity index is 1.82. The summed E-state index contributed by atoms with van der Waals surface area (Å²) >= 11 is 12.8.